The third-order valence-corrected chi connectivity index (χ3v) is 9.96. The van der Waals surface area contributed by atoms with Crippen molar-refractivity contribution in [3.05, 3.63) is 12.2 Å². The summed E-state index contributed by atoms with van der Waals surface area (Å²) in [6.45, 7) is 6.91. The van der Waals surface area contributed by atoms with Crippen LogP contribution in [0.2, 0.25) is 0 Å². The van der Waals surface area contributed by atoms with Crippen molar-refractivity contribution in [3.8, 4) is 0 Å². The van der Waals surface area contributed by atoms with Crippen LogP contribution in [-0.2, 0) is 9.59 Å². The highest BCUT2D eigenvalue weighted by Gasteiger charge is 2.62. The van der Waals surface area contributed by atoms with Gasteiger partial charge in [-0.15, -0.1) is 0 Å². The number of carbonyl (C=O) groups excluding carboxylic acids is 2. The van der Waals surface area contributed by atoms with Crippen LogP contribution in [0.25, 0.3) is 0 Å². The molecule has 4 saturated carbocycles. The molecule has 4 aliphatic carbocycles. The predicted molar refractivity (Wildman–Crippen MR) is 111 cm³/mol. The van der Waals surface area contributed by atoms with Crippen LogP contribution in [0, 0.1) is 46.3 Å². The Hall–Kier alpha value is -0.960. The molecule has 5 fully saturated rings. The van der Waals surface area contributed by atoms with Gasteiger partial charge in [-0.2, -0.15) is 0 Å². The summed E-state index contributed by atoms with van der Waals surface area (Å²) in [5, 5.41) is 3.44. The van der Waals surface area contributed by atoms with Crippen LogP contribution in [-0.4, -0.2) is 24.7 Å². The molecule has 5 aliphatic rings. The Morgan fingerprint density at radius 1 is 0.964 bits per heavy atom. The topological polar surface area (TPSA) is 46.2 Å². The Morgan fingerprint density at radius 3 is 2.57 bits per heavy atom. The summed E-state index contributed by atoms with van der Waals surface area (Å²) in [5.74, 6) is 4.11. The van der Waals surface area contributed by atoms with E-state index in [4.69, 9.17) is 0 Å². The number of hydrogen-bond donors (Lipinski definition) is 1. The minimum atomic E-state index is -0.125. The van der Waals surface area contributed by atoms with Gasteiger partial charge in [-0.25, -0.2) is 0 Å². The van der Waals surface area contributed by atoms with E-state index in [1.54, 1.807) is 0 Å². The van der Waals surface area contributed by atoms with Crippen LogP contribution in [0.4, 0.5) is 0 Å². The van der Waals surface area contributed by atoms with Gasteiger partial charge in [-0.1, -0.05) is 26.0 Å². The van der Waals surface area contributed by atoms with Gasteiger partial charge in [-0.05, 0) is 86.5 Å². The summed E-state index contributed by atoms with van der Waals surface area (Å²) in [6.07, 6.45) is 14.4. The van der Waals surface area contributed by atoms with Gasteiger partial charge >= 0.3 is 0 Å². The highest BCUT2D eigenvalue weighted by atomic mass is 16.1. The highest BCUT2D eigenvalue weighted by Crippen LogP contribution is 2.65. The van der Waals surface area contributed by atoms with E-state index in [9.17, 15) is 9.59 Å². The Bertz CT molecular complexity index is 693. The molecule has 8 atom stereocenters. The van der Waals surface area contributed by atoms with E-state index in [1.165, 1.54) is 19.3 Å². The molecular formula is C25H37NO2. The van der Waals surface area contributed by atoms with Gasteiger partial charge in [0.05, 0.1) is 0 Å². The molecule has 0 radical (unpaired) electrons. The van der Waals surface area contributed by atoms with Crippen LogP contribution < -0.4 is 5.32 Å². The van der Waals surface area contributed by atoms with Crippen molar-refractivity contribution >= 4 is 11.6 Å². The average molecular weight is 384 g/mol. The molecule has 1 heterocycles. The van der Waals surface area contributed by atoms with Crippen molar-refractivity contribution in [2.45, 2.75) is 71.6 Å². The zero-order chi connectivity index (χ0) is 19.5. The molecule has 0 spiro atoms. The Morgan fingerprint density at radius 2 is 1.79 bits per heavy atom. The molecule has 1 N–H and O–H groups in total. The fourth-order valence-corrected chi connectivity index (χ4v) is 8.17. The van der Waals surface area contributed by atoms with Crippen molar-refractivity contribution < 1.29 is 9.59 Å². The van der Waals surface area contributed by atoms with Crippen LogP contribution in [0.3, 0.4) is 0 Å². The van der Waals surface area contributed by atoms with E-state index < -0.39 is 0 Å². The average Bonchev–Trinajstić information content (AvgIpc) is 3.29. The Kier molecular flexibility index (Phi) is 4.61. The lowest BCUT2D eigenvalue weighted by Crippen LogP contribution is -2.56. The molecule has 1 saturated heterocycles. The molecule has 0 aromatic carbocycles. The van der Waals surface area contributed by atoms with Crippen LogP contribution in [0.1, 0.15) is 71.6 Å². The Balaban J connectivity index is 1.34. The number of hydrogen-bond acceptors (Lipinski definition) is 3. The lowest BCUT2D eigenvalue weighted by molar-refractivity contribution is -0.157. The van der Waals surface area contributed by atoms with Gasteiger partial charge in [-0.3, -0.25) is 9.59 Å². The van der Waals surface area contributed by atoms with Crippen molar-refractivity contribution in [3.63, 3.8) is 0 Å². The summed E-state index contributed by atoms with van der Waals surface area (Å²) in [6, 6.07) is 0. The maximum absolute atomic E-state index is 13.4. The largest absolute Gasteiger partial charge is 0.316 e. The van der Waals surface area contributed by atoms with Gasteiger partial charge in [0.15, 0.2) is 0 Å². The van der Waals surface area contributed by atoms with Crippen molar-refractivity contribution in [2.75, 3.05) is 13.1 Å². The van der Waals surface area contributed by atoms with E-state index >= 15 is 0 Å². The molecule has 3 nitrogen and oxygen atoms in total. The first-order chi connectivity index (χ1) is 13.4. The molecule has 3 heteroatoms. The second kappa shape index (κ2) is 6.79. The zero-order valence-corrected chi connectivity index (χ0v) is 17.7. The smallest absolute Gasteiger partial charge is 0.139 e. The number of Topliss-reactive ketones (excluding diaryl/α,β-unsaturated/α-hetero) is 2. The lowest BCUT2D eigenvalue weighted by Gasteiger charge is -2.59. The molecule has 1 aliphatic heterocycles. The standard InChI is InChI=1S/C25H37NO2/c1-24-10-7-16(3-4-17-9-12-26-15-17)13-21(24)22(27)14-18-19-5-6-23(28)25(19,2)11-8-20(18)24/h3-4,16-21,26H,5-15H2,1-2H3/t16?,17-,18+,19+,20+,21?,24-,25+/m1/s1. The molecule has 0 aromatic rings. The third kappa shape index (κ3) is 2.79. The predicted octanol–water partition coefficient (Wildman–Crippen LogP) is 4.56. The maximum atomic E-state index is 13.4. The molecule has 0 amide bonds. The van der Waals surface area contributed by atoms with Crippen LogP contribution >= 0.6 is 0 Å². The number of nitrogens with one attached hydrogen (secondary N) is 1. The number of fused-ring (bicyclic) bond motifs is 5. The normalized spacial score (nSPS) is 51.2. The summed E-state index contributed by atoms with van der Waals surface area (Å²) < 4.78 is 0. The van der Waals surface area contributed by atoms with E-state index in [0.29, 0.717) is 41.2 Å². The van der Waals surface area contributed by atoms with E-state index in [2.05, 4.69) is 31.3 Å². The van der Waals surface area contributed by atoms with Gasteiger partial charge in [0.25, 0.3) is 0 Å². The molecule has 154 valence electrons. The van der Waals surface area contributed by atoms with Crippen molar-refractivity contribution in [1.82, 2.24) is 5.32 Å². The second-order valence-electron chi connectivity index (χ2n) is 11.2. The molecule has 2 unspecified atom stereocenters. The van der Waals surface area contributed by atoms with Gasteiger partial charge in [0.1, 0.15) is 11.6 Å². The first kappa shape index (κ1) is 19.0. The van der Waals surface area contributed by atoms with Crippen molar-refractivity contribution in [2.24, 2.45) is 46.3 Å². The van der Waals surface area contributed by atoms with Gasteiger partial charge in [0, 0.05) is 30.7 Å². The zero-order valence-electron chi connectivity index (χ0n) is 17.7. The molecule has 0 aromatic heterocycles. The second-order valence-corrected chi connectivity index (χ2v) is 11.2. The number of rotatable bonds is 2. The quantitative estimate of drug-likeness (QED) is 0.711. The number of carbonyl (C=O) groups is 2. The fourth-order valence-electron chi connectivity index (χ4n) is 8.17. The number of allylic oxidation sites excluding steroid dienone is 1. The monoisotopic (exact) mass is 383 g/mol. The fraction of sp³-hybridized carbons (Fsp3) is 0.840. The van der Waals surface area contributed by atoms with Gasteiger partial charge < -0.3 is 5.32 Å². The summed E-state index contributed by atoms with van der Waals surface area (Å²) >= 11 is 0. The minimum Gasteiger partial charge on any atom is -0.316 e. The van der Waals surface area contributed by atoms with Crippen LogP contribution in [0.15, 0.2) is 12.2 Å². The molecule has 5 rings (SSSR count). The Labute approximate surface area is 170 Å². The van der Waals surface area contributed by atoms with Crippen LogP contribution in [0.5, 0.6) is 0 Å². The number of ketones is 2. The molecular weight excluding hydrogens is 346 g/mol. The summed E-state index contributed by atoms with van der Waals surface area (Å²) in [5.41, 5.74) is 0.0477. The van der Waals surface area contributed by atoms with Gasteiger partial charge in [0.2, 0.25) is 0 Å². The molecule has 0 bridgehead atoms. The SMILES string of the molecule is C[C@]12CCC(C=C[C@@H]3CCNC3)CC1C(=O)C[C@@H]1[C@@H]2CC[C@]2(C)C(=O)CC[C@@H]12. The third-order valence-electron chi connectivity index (χ3n) is 9.96. The van der Waals surface area contributed by atoms with Crippen molar-refractivity contribution in [1.29, 1.82) is 0 Å². The first-order valence-electron chi connectivity index (χ1n) is 11.9. The molecule has 28 heavy (non-hydrogen) atoms. The van der Waals surface area contributed by atoms with E-state index in [1.807, 2.05) is 0 Å². The highest BCUT2D eigenvalue weighted by molar-refractivity contribution is 5.88. The lowest BCUT2D eigenvalue weighted by atomic mass is 9.44. The summed E-state index contributed by atoms with van der Waals surface area (Å²) in [4.78, 5) is 25.9. The van der Waals surface area contributed by atoms with E-state index in [0.717, 1.165) is 51.6 Å². The van der Waals surface area contributed by atoms with E-state index in [-0.39, 0.29) is 16.7 Å². The minimum absolute atomic E-state index is 0.125. The maximum Gasteiger partial charge on any atom is 0.139 e. The summed E-state index contributed by atoms with van der Waals surface area (Å²) in [7, 11) is 0. The first-order valence-corrected chi connectivity index (χ1v) is 11.9.